The first-order valence-corrected chi connectivity index (χ1v) is 22.0. The maximum Gasteiger partial charge on any atom is 0.0688 e. The van der Waals surface area contributed by atoms with Crippen molar-refractivity contribution in [3.8, 4) is 22.5 Å². The summed E-state index contributed by atoms with van der Waals surface area (Å²) in [6.07, 6.45) is 0. The van der Waals surface area contributed by atoms with Gasteiger partial charge in [0.1, 0.15) is 0 Å². The summed E-state index contributed by atoms with van der Waals surface area (Å²) >= 11 is 0. The van der Waals surface area contributed by atoms with Crippen LogP contribution < -0.4 is 10.4 Å². The Morgan fingerprint density at radius 3 is 1.80 bits per heavy atom. The van der Waals surface area contributed by atoms with Gasteiger partial charge in [-0.3, -0.25) is 0 Å². The largest absolute Gasteiger partial charge is 0.309 e. The lowest BCUT2D eigenvalue weighted by Gasteiger charge is -2.55. The summed E-state index contributed by atoms with van der Waals surface area (Å²) in [5, 5.41) is 8.21. The highest BCUT2D eigenvalue weighted by Crippen LogP contribution is 2.55. The Hall–Kier alpha value is -6.42. The monoisotopic (exact) mass is 704 g/mol. The number of fused-ring (bicyclic) bond motifs is 14. The van der Waals surface area contributed by atoms with Crippen LogP contribution in [-0.2, 0) is 5.41 Å². The van der Waals surface area contributed by atoms with Crippen LogP contribution >= 0.6 is 0 Å². The molecule has 1 spiro atoms. The van der Waals surface area contributed by atoms with Crippen molar-refractivity contribution in [2.24, 2.45) is 0 Å². The fourth-order valence-electron chi connectivity index (χ4n) is 10.5. The quantitative estimate of drug-likeness (QED) is 0.159. The van der Waals surface area contributed by atoms with Crippen molar-refractivity contribution < 1.29 is 0 Å². The Morgan fingerprint density at radius 1 is 0.389 bits per heavy atom. The number of para-hydroxylation sites is 5. The van der Waals surface area contributed by atoms with E-state index in [1.807, 2.05) is 0 Å². The minimum Gasteiger partial charge on any atom is -0.309 e. The topological polar surface area (TPSA) is 9.86 Å². The third-order valence-electron chi connectivity index (χ3n) is 12.8. The molecule has 0 bridgehead atoms. The van der Waals surface area contributed by atoms with E-state index in [2.05, 4.69) is 204 Å². The van der Waals surface area contributed by atoms with Crippen LogP contribution in [0.2, 0.25) is 13.1 Å². The van der Waals surface area contributed by atoms with Crippen molar-refractivity contribution in [2.45, 2.75) is 18.5 Å². The van der Waals surface area contributed by atoms with Crippen LogP contribution in [0.25, 0.3) is 66.1 Å². The first-order chi connectivity index (χ1) is 26.6. The number of aromatic nitrogens is 2. The lowest BCUT2D eigenvalue weighted by molar-refractivity contribution is 0.732. The zero-order chi connectivity index (χ0) is 35.8. The number of benzene rings is 8. The average Bonchev–Trinajstić information content (AvgIpc) is 3.75. The number of hydrogen-bond donors (Lipinski definition) is 0. The highest BCUT2D eigenvalue weighted by atomic mass is 28.3. The molecule has 12 rings (SSSR count). The second kappa shape index (κ2) is 10.6. The maximum absolute atomic E-state index is 2.57. The normalized spacial score (nSPS) is 16.6. The summed E-state index contributed by atoms with van der Waals surface area (Å²) in [6.45, 7) is 5.12. The number of hydrogen-bond acceptors (Lipinski definition) is 0. The van der Waals surface area contributed by atoms with Crippen molar-refractivity contribution in [1.29, 1.82) is 0 Å². The van der Waals surface area contributed by atoms with E-state index in [1.165, 1.54) is 98.7 Å². The molecule has 0 amide bonds. The van der Waals surface area contributed by atoms with E-state index in [4.69, 9.17) is 0 Å². The Labute approximate surface area is 315 Å². The standard InChI is InChI=1S/C51H36N2Si/c1-54(2)48-26-13-9-21-41(48)51(40-20-8-12-25-46(40)53-45-24-11-7-18-37(45)39-19-14-22-43(51)50(39)53)42-30-28-34(32-49(42)54)33-27-29-38-36-17-6-10-23-44(36)52(47(38)31-33)35-15-4-3-5-16-35/h3-32H,1-2H3/q-1. The molecule has 0 aliphatic carbocycles. The molecule has 0 saturated heterocycles. The maximum atomic E-state index is 2.57. The first kappa shape index (κ1) is 30.1. The van der Waals surface area contributed by atoms with Gasteiger partial charge in [0.2, 0.25) is 0 Å². The Morgan fingerprint density at radius 2 is 0.963 bits per heavy atom. The predicted molar refractivity (Wildman–Crippen MR) is 229 cm³/mol. The zero-order valence-corrected chi connectivity index (χ0v) is 31.2. The van der Waals surface area contributed by atoms with Crippen LogP contribution in [0.1, 0.15) is 22.3 Å². The van der Waals surface area contributed by atoms with E-state index >= 15 is 0 Å². The summed E-state index contributed by atoms with van der Waals surface area (Å²) in [7, 11) is -2.19. The second-order valence-corrected chi connectivity index (χ2v) is 20.0. The highest BCUT2D eigenvalue weighted by molar-refractivity contribution is 7.01. The SMILES string of the molecule is C[Si-]1(C)c2ccccc2C2(c3ccccc3-n3c4ccccc4c4cccc2c43)c2ccc(-c3ccc4c5ccccc5n(-c5ccccc5)c4c3)cc21. The molecule has 3 heteroatoms. The third kappa shape index (κ3) is 3.65. The molecule has 0 radical (unpaired) electrons. The Bertz CT molecular complexity index is 3200. The molecule has 2 aliphatic heterocycles. The molecule has 8 aromatic carbocycles. The summed E-state index contributed by atoms with van der Waals surface area (Å²) in [5.74, 6) is 0. The van der Waals surface area contributed by atoms with Gasteiger partial charge in [0, 0.05) is 27.2 Å². The lowest BCUT2D eigenvalue weighted by Crippen LogP contribution is -2.63. The molecule has 0 N–H and O–H groups in total. The van der Waals surface area contributed by atoms with Gasteiger partial charge in [0.25, 0.3) is 0 Å². The lowest BCUT2D eigenvalue weighted by atomic mass is 9.62. The van der Waals surface area contributed by atoms with Crippen LogP contribution in [0.15, 0.2) is 182 Å². The molecule has 54 heavy (non-hydrogen) atoms. The molecule has 2 aromatic heterocycles. The highest BCUT2D eigenvalue weighted by Gasteiger charge is 2.49. The zero-order valence-electron chi connectivity index (χ0n) is 30.2. The van der Waals surface area contributed by atoms with E-state index in [9.17, 15) is 0 Å². The van der Waals surface area contributed by atoms with Gasteiger partial charge in [-0.1, -0.05) is 165 Å². The number of rotatable bonds is 2. The van der Waals surface area contributed by atoms with Gasteiger partial charge >= 0.3 is 0 Å². The summed E-state index contributed by atoms with van der Waals surface area (Å²) < 4.78 is 4.96. The van der Waals surface area contributed by atoms with Crippen molar-refractivity contribution in [2.75, 3.05) is 0 Å². The van der Waals surface area contributed by atoms with Gasteiger partial charge in [0.15, 0.2) is 0 Å². The van der Waals surface area contributed by atoms with Crippen LogP contribution in [0.3, 0.4) is 0 Å². The van der Waals surface area contributed by atoms with Gasteiger partial charge in [-0.05, 0) is 58.7 Å². The van der Waals surface area contributed by atoms with E-state index in [1.54, 1.807) is 0 Å². The van der Waals surface area contributed by atoms with Crippen LogP contribution in [0.5, 0.6) is 0 Å². The van der Waals surface area contributed by atoms with Crippen molar-refractivity contribution in [1.82, 2.24) is 9.13 Å². The molecule has 1 unspecified atom stereocenters. The minimum atomic E-state index is -2.19. The molecule has 0 fully saturated rings. The number of nitrogens with zero attached hydrogens (tertiary/aromatic N) is 2. The molecule has 10 aromatic rings. The van der Waals surface area contributed by atoms with Gasteiger partial charge in [-0.15, -0.1) is 0 Å². The molecular weight excluding hydrogens is 669 g/mol. The fraction of sp³-hybridized carbons (Fsp3) is 0.0588. The summed E-state index contributed by atoms with van der Waals surface area (Å²) in [4.78, 5) is 0. The predicted octanol–water partition coefficient (Wildman–Crippen LogP) is 11.4. The Balaban J connectivity index is 1.17. The van der Waals surface area contributed by atoms with Gasteiger partial charge in [0.05, 0.1) is 33.2 Å². The molecule has 255 valence electrons. The second-order valence-electron chi connectivity index (χ2n) is 15.7. The molecule has 1 atom stereocenters. The average molecular weight is 705 g/mol. The van der Waals surface area contributed by atoms with E-state index in [0.717, 1.165) is 0 Å². The van der Waals surface area contributed by atoms with Crippen LogP contribution in [0.4, 0.5) is 0 Å². The van der Waals surface area contributed by atoms with Gasteiger partial charge < -0.3 is 9.13 Å². The van der Waals surface area contributed by atoms with Gasteiger partial charge in [-0.25, -0.2) is 0 Å². The van der Waals surface area contributed by atoms with Crippen LogP contribution in [-0.4, -0.2) is 17.2 Å². The molecule has 0 saturated carbocycles. The molecule has 2 aliphatic rings. The summed E-state index contributed by atoms with van der Waals surface area (Å²) in [6, 6.07) is 68.7. The smallest absolute Gasteiger partial charge is 0.0688 e. The van der Waals surface area contributed by atoms with Gasteiger partial charge in [-0.2, -0.15) is 23.5 Å². The minimum absolute atomic E-state index is 0.461. The van der Waals surface area contributed by atoms with E-state index < -0.39 is 13.5 Å². The third-order valence-corrected chi connectivity index (χ3v) is 16.3. The van der Waals surface area contributed by atoms with Crippen molar-refractivity contribution >= 4 is 62.1 Å². The fourth-order valence-corrected chi connectivity index (χ4v) is 13.7. The van der Waals surface area contributed by atoms with E-state index in [-0.39, 0.29) is 0 Å². The van der Waals surface area contributed by atoms with E-state index in [0.29, 0.717) is 0 Å². The van der Waals surface area contributed by atoms with Crippen molar-refractivity contribution in [3.63, 3.8) is 0 Å². The van der Waals surface area contributed by atoms with Crippen LogP contribution in [0, 0.1) is 0 Å². The molecular formula is C51H36N2Si-. The first-order valence-electron chi connectivity index (χ1n) is 19.0. The molecule has 2 nitrogen and oxygen atoms in total. The summed E-state index contributed by atoms with van der Waals surface area (Å²) in [5.41, 5.74) is 15.1. The Kier molecular flexibility index (Phi) is 5.90. The molecule has 4 heterocycles. The van der Waals surface area contributed by atoms with Crippen molar-refractivity contribution in [3.05, 3.63) is 204 Å².